The van der Waals surface area contributed by atoms with Crippen LogP contribution < -0.4 is 9.62 Å². The molecule has 3 rings (SSSR count). The van der Waals surface area contributed by atoms with Gasteiger partial charge in [-0.25, -0.2) is 8.42 Å². The second-order valence-corrected chi connectivity index (χ2v) is 11.4. The number of carbonyl (C=O) groups is 2. The van der Waals surface area contributed by atoms with Crippen molar-refractivity contribution in [3.8, 4) is 0 Å². The average molecular weight is 536 g/mol. The fraction of sp³-hybridized carbons (Fsp3) is 0.333. The predicted molar refractivity (Wildman–Crippen MR) is 152 cm³/mol. The summed E-state index contributed by atoms with van der Waals surface area (Å²) in [6, 6.07) is 21.8. The van der Waals surface area contributed by atoms with Crippen molar-refractivity contribution in [2.75, 3.05) is 23.7 Å². The molecule has 0 fully saturated rings. The number of benzene rings is 3. The van der Waals surface area contributed by atoms with Crippen LogP contribution in [0, 0.1) is 20.8 Å². The molecule has 0 aromatic heterocycles. The number of hydrogen-bond donors (Lipinski definition) is 1. The number of hydrogen-bond acceptors (Lipinski definition) is 4. The second kappa shape index (κ2) is 12.7. The molecular weight excluding hydrogens is 498 g/mol. The van der Waals surface area contributed by atoms with Gasteiger partial charge in [0.25, 0.3) is 0 Å². The van der Waals surface area contributed by atoms with E-state index in [4.69, 9.17) is 0 Å². The number of nitrogens with one attached hydrogen (secondary N) is 1. The van der Waals surface area contributed by atoms with Gasteiger partial charge >= 0.3 is 0 Å². The molecule has 0 aliphatic rings. The van der Waals surface area contributed by atoms with Crippen molar-refractivity contribution >= 4 is 27.5 Å². The third kappa shape index (κ3) is 7.22. The van der Waals surface area contributed by atoms with Crippen LogP contribution in [0.1, 0.15) is 34.7 Å². The maximum atomic E-state index is 14.1. The minimum absolute atomic E-state index is 0.171. The van der Waals surface area contributed by atoms with Crippen molar-refractivity contribution in [2.45, 2.75) is 46.7 Å². The fourth-order valence-electron chi connectivity index (χ4n) is 4.42. The molecule has 0 bridgehead atoms. The van der Waals surface area contributed by atoms with Crippen molar-refractivity contribution in [3.63, 3.8) is 0 Å². The molecule has 2 amide bonds. The van der Waals surface area contributed by atoms with Crippen LogP contribution in [0.5, 0.6) is 0 Å². The third-order valence-electron chi connectivity index (χ3n) is 6.75. The number of anilines is 1. The first kappa shape index (κ1) is 28.9. The molecule has 0 heterocycles. The van der Waals surface area contributed by atoms with Gasteiger partial charge < -0.3 is 10.2 Å². The summed E-state index contributed by atoms with van der Waals surface area (Å²) in [4.78, 5) is 29.0. The van der Waals surface area contributed by atoms with E-state index in [9.17, 15) is 18.0 Å². The summed E-state index contributed by atoms with van der Waals surface area (Å²) in [5.41, 5.74) is 4.93. The number of aryl methyl sites for hydroxylation is 2. The van der Waals surface area contributed by atoms with Crippen LogP contribution in [0.2, 0.25) is 0 Å². The smallest absolute Gasteiger partial charge is 0.244 e. The van der Waals surface area contributed by atoms with Crippen LogP contribution in [-0.2, 0) is 32.6 Å². The van der Waals surface area contributed by atoms with Crippen LogP contribution in [0.15, 0.2) is 72.8 Å². The first-order valence-corrected chi connectivity index (χ1v) is 14.6. The Morgan fingerprint density at radius 1 is 0.868 bits per heavy atom. The number of amides is 2. The molecule has 3 aromatic carbocycles. The zero-order valence-corrected chi connectivity index (χ0v) is 23.6. The minimum atomic E-state index is -3.80. The summed E-state index contributed by atoms with van der Waals surface area (Å²) < 4.78 is 27.0. The van der Waals surface area contributed by atoms with Gasteiger partial charge in [-0.3, -0.25) is 13.9 Å². The van der Waals surface area contributed by atoms with Crippen molar-refractivity contribution in [2.24, 2.45) is 0 Å². The lowest BCUT2D eigenvalue weighted by molar-refractivity contribution is -0.140. The van der Waals surface area contributed by atoms with E-state index in [0.29, 0.717) is 18.7 Å². The maximum absolute atomic E-state index is 14.1. The molecule has 1 N–H and O–H groups in total. The Kier molecular flexibility index (Phi) is 9.69. The number of likely N-dealkylation sites (N-methyl/N-ethyl adjacent to an activating group) is 1. The second-order valence-electron chi connectivity index (χ2n) is 9.54. The van der Waals surface area contributed by atoms with Crippen LogP contribution in [0.3, 0.4) is 0 Å². The maximum Gasteiger partial charge on any atom is 0.244 e. The van der Waals surface area contributed by atoms with Crippen molar-refractivity contribution in [1.82, 2.24) is 10.2 Å². The lowest BCUT2D eigenvalue weighted by Crippen LogP contribution is -2.53. The van der Waals surface area contributed by atoms with E-state index in [1.165, 1.54) is 4.90 Å². The molecule has 38 heavy (non-hydrogen) atoms. The van der Waals surface area contributed by atoms with Gasteiger partial charge in [-0.15, -0.1) is 0 Å². The van der Waals surface area contributed by atoms with E-state index < -0.39 is 28.5 Å². The van der Waals surface area contributed by atoms with Gasteiger partial charge in [0.15, 0.2) is 0 Å². The van der Waals surface area contributed by atoms with E-state index in [1.54, 1.807) is 12.1 Å². The summed E-state index contributed by atoms with van der Waals surface area (Å²) in [7, 11) is -3.80. The highest BCUT2D eigenvalue weighted by Crippen LogP contribution is 2.26. The zero-order valence-electron chi connectivity index (χ0n) is 22.8. The number of sulfonamides is 1. The number of nitrogens with zero attached hydrogens (tertiary/aromatic N) is 2. The quantitative estimate of drug-likeness (QED) is 0.400. The molecule has 3 aromatic rings. The molecule has 0 radical (unpaired) electrons. The lowest BCUT2D eigenvalue weighted by Gasteiger charge is -2.34. The van der Waals surface area contributed by atoms with Crippen molar-refractivity contribution < 1.29 is 18.0 Å². The van der Waals surface area contributed by atoms with E-state index in [0.717, 1.165) is 38.4 Å². The van der Waals surface area contributed by atoms with Gasteiger partial charge in [0.1, 0.15) is 12.6 Å². The van der Waals surface area contributed by atoms with Gasteiger partial charge in [-0.1, -0.05) is 66.7 Å². The van der Waals surface area contributed by atoms with E-state index in [2.05, 4.69) is 5.32 Å². The van der Waals surface area contributed by atoms with Crippen LogP contribution in [0.25, 0.3) is 0 Å². The Bertz CT molecular complexity index is 1370. The lowest BCUT2D eigenvalue weighted by atomic mass is 10.0. The average Bonchev–Trinajstić information content (AvgIpc) is 2.87. The molecule has 0 aliphatic heterocycles. The highest BCUT2D eigenvalue weighted by molar-refractivity contribution is 7.92. The first-order chi connectivity index (χ1) is 18.0. The molecule has 1 atom stereocenters. The molecule has 8 heteroatoms. The number of carbonyl (C=O) groups excluding carboxylic acids is 2. The molecule has 0 saturated carbocycles. The Hall–Kier alpha value is -3.65. The van der Waals surface area contributed by atoms with E-state index in [-0.39, 0.29) is 12.5 Å². The largest absolute Gasteiger partial charge is 0.355 e. The van der Waals surface area contributed by atoms with Gasteiger partial charge in [0, 0.05) is 19.5 Å². The fourth-order valence-corrected chi connectivity index (χ4v) is 5.32. The Morgan fingerprint density at radius 2 is 1.50 bits per heavy atom. The molecule has 0 spiro atoms. The molecular formula is C30H37N3O4S. The summed E-state index contributed by atoms with van der Waals surface area (Å²) in [6.45, 7) is 7.69. The third-order valence-corrected chi connectivity index (χ3v) is 7.87. The summed E-state index contributed by atoms with van der Waals surface area (Å²) >= 11 is 0. The zero-order chi connectivity index (χ0) is 27.9. The Morgan fingerprint density at radius 3 is 2.13 bits per heavy atom. The first-order valence-electron chi connectivity index (χ1n) is 12.7. The molecule has 202 valence electrons. The molecule has 0 aliphatic carbocycles. The van der Waals surface area contributed by atoms with Gasteiger partial charge in [-0.05, 0) is 61.6 Å². The summed E-state index contributed by atoms with van der Waals surface area (Å²) in [6.07, 6.45) is 1.39. The Labute approximate surface area is 226 Å². The van der Waals surface area contributed by atoms with Crippen molar-refractivity contribution in [3.05, 3.63) is 101 Å². The monoisotopic (exact) mass is 535 g/mol. The van der Waals surface area contributed by atoms with Crippen molar-refractivity contribution in [1.29, 1.82) is 0 Å². The predicted octanol–water partition coefficient (Wildman–Crippen LogP) is 4.15. The van der Waals surface area contributed by atoms with Gasteiger partial charge in [0.2, 0.25) is 21.8 Å². The topological polar surface area (TPSA) is 86.8 Å². The van der Waals surface area contributed by atoms with Crippen LogP contribution >= 0.6 is 0 Å². The highest BCUT2D eigenvalue weighted by atomic mass is 32.2. The van der Waals surface area contributed by atoms with Crippen LogP contribution in [-0.4, -0.2) is 50.5 Å². The Balaban J connectivity index is 2.08. The summed E-state index contributed by atoms with van der Waals surface area (Å²) in [5.74, 6) is -0.734. The van der Waals surface area contributed by atoms with E-state index >= 15 is 0 Å². The standard InChI is InChI=1S/C30H37N3O4S/c1-6-31-30(35)28(19-25-15-8-7-9-16-25)32(20-26-17-11-10-13-23(26)3)29(34)21-33(38(5,36)37)27-18-12-14-22(2)24(27)4/h7-18,28H,6,19-21H2,1-5H3,(H,31,35)/t28-/m0/s1. The molecule has 7 nitrogen and oxygen atoms in total. The van der Waals surface area contributed by atoms with Gasteiger partial charge in [-0.2, -0.15) is 0 Å². The summed E-state index contributed by atoms with van der Waals surface area (Å²) in [5, 5.41) is 2.87. The highest BCUT2D eigenvalue weighted by Gasteiger charge is 2.33. The van der Waals surface area contributed by atoms with Crippen LogP contribution in [0.4, 0.5) is 5.69 Å². The number of rotatable bonds is 11. The molecule has 0 saturated heterocycles. The normalized spacial score (nSPS) is 12.0. The van der Waals surface area contributed by atoms with Gasteiger partial charge in [0.05, 0.1) is 11.9 Å². The minimum Gasteiger partial charge on any atom is -0.355 e. The SMILES string of the molecule is CCNC(=O)[C@H](Cc1ccccc1)N(Cc1ccccc1C)C(=O)CN(c1cccc(C)c1C)S(C)(=O)=O. The van der Waals surface area contributed by atoms with E-state index in [1.807, 2.05) is 88.4 Å². The molecule has 0 unspecified atom stereocenters.